The van der Waals surface area contributed by atoms with Crippen molar-refractivity contribution in [3.05, 3.63) is 63.5 Å². The summed E-state index contributed by atoms with van der Waals surface area (Å²) in [6, 6.07) is 14.4. The highest BCUT2D eigenvalue weighted by atomic mass is 79.9. The number of hydrogen-bond donors (Lipinski definition) is 3. The molecule has 1 saturated heterocycles. The third kappa shape index (κ3) is 4.74. The number of anilines is 1. The molecule has 6 nitrogen and oxygen atoms in total. The normalized spacial score (nSPS) is 15.0. The molecule has 2 amide bonds. The first-order valence-electron chi connectivity index (χ1n) is 7.58. The molecule has 3 N–H and O–H groups in total. The molecule has 2 aromatic carbocycles. The summed E-state index contributed by atoms with van der Waals surface area (Å²) in [7, 11) is 0. The van der Waals surface area contributed by atoms with E-state index in [0.29, 0.717) is 21.9 Å². The van der Waals surface area contributed by atoms with E-state index in [1.165, 1.54) is 0 Å². The summed E-state index contributed by atoms with van der Waals surface area (Å²) >= 11 is 4.43. The largest absolute Gasteiger partial charge is 0.483 e. The van der Waals surface area contributed by atoms with E-state index in [1.807, 2.05) is 18.2 Å². The summed E-state index contributed by atoms with van der Waals surface area (Å²) in [5.41, 5.74) is 1.33. The maximum absolute atomic E-state index is 12.0. The van der Waals surface area contributed by atoms with Crippen molar-refractivity contribution in [2.24, 2.45) is 0 Å². The van der Waals surface area contributed by atoms with Crippen molar-refractivity contribution >= 4 is 56.4 Å². The Morgan fingerprint density at radius 1 is 1.27 bits per heavy atom. The number of hydrogen-bond acceptors (Lipinski definition) is 5. The van der Waals surface area contributed by atoms with E-state index >= 15 is 0 Å². The topological polar surface area (TPSA) is 91.3 Å². The van der Waals surface area contributed by atoms with Gasteiger partial charge in [-0.2, -0.15) is 0 Å². The first-order chi connectivity index (χ1) is 12.5. The van der Waals surface area contributed by atoms with Gasteiger partial charge in [0.1, 0.15) is 5.75 Å². The molecule has 26 heavy (non-hydrogen) atoms. The second-order valence-electron chi connectivity index (χ2n) is 5.28. The van der Waals surface area contributed by atoms with E-state index in [0.717, 1.165) is 16.2 Å². The van der Waals surface area contributed by atoms with Gasteiger partial charge in [-0.1, -0.05) is 34.1 Å². The van der Waals surface area contributed by atoms with Gasteiger partial charge in [0.15, 0.2) is 11.8 Å². The van der Waals surface area contributed by atoms with Crippen molar-refractivity contribution in [2.75, 3.05) is 11.9 Å². The number of carbonyl (C=O) groups is 2. The average molecular weight is 432 g/mol. The lowest BCUT2D eigenvalue weighted by molar-refractivity contribution is -0.118. The van der Waals surface area contributed by atoms with Crippen LogP contribution in [0, 0.1) is 5.41 Å². The quantitative estimate of drug-likeness (QED) is 0.630. The number of carbonyl (C=O) groups excluding carboxylic acids is 2. The van der Waals surface area contributed by atoms with Crippen molar-refractivity contribution in [1.29, 1.82) is 5.41 Å². The van der Waals surface area contributed by atoms with Gasteiger partial charge in [-0.25, -0.2) is 0 Å². The Morgan fingerprint density at radius 3 is 2.73 bits per heavy atom. The van der Waals surface area contributed by atoms with Crippen LogP contribution in [0.1, 0.15) is 5.56 Å². The first kappa shape index (κ1) is 18.2. The number of amides is 2. The number of benzene rings is 2. The number of nitrogens with one attached hydrogen (secondary N) is 3. The monoisotopic (exact) mass is 431 g/mol. The Hall–Kier alpha value is -2.58. The zero-order valence-electron chi connectivity index (χ0n) is 13.4. The van der Waals surface area contributed by atoms with E-state index in [4.69, 9.17) is 10.1 Å². The van der Waals surface area contributed by atoms with Gasteiger partial charge in [0.05, 0.1) is 4.91 Å². The minimum absolute atomic E-state index is 0.0842. The smallest absolute Gasteiger partial charge is 0.264 e. The molecule has 1 heterocycles. The van der Waals surface area contributed by atoms with Crippen LogP contribution in [-0.4, -0.2) is 23.6 Å². The van der Waals surface area contributed by atoms with Crippen LogP contribution in [0.3, 0.4) is 0 Å². The van der Waals surface area contributed by atoms with Crippen LogP contribution < -0.4 is 15.4 Å². The molecule has 0 spiro atoms. The fourth-order valence-corrected chi connectivity index (χ4v) is 3.28. The molecule has 1 fully saturated rings. The molecule has 0 atom stereocenters. The summed E-state index contributed by atoms with van der Waals surface area (Å²) in [6.45, 7) is -0.165. The third-order valence-electron chi connectivity index (χ3n) is 3.34. The second kappa shape index (κ2) is 8.20. The predicted octanol–water partition coefficient (Wildman–Crippen LogP) is 3.61. The minimum atomic E-state index is -0.326. The maximum Gasteiger partial charge on any atom is 0.264 e. The molecule has 0 bridgehead atoms. The Balaban J connectivity index is 1.72. The zero-order valence-corrected chi connectivity index (χ0v) is 15.8. The molecular formula is C18H14BrN3O3S. The van der Waals surface area contributed by atoms with Gasteiger partial charge in [-0.05, 0) is 48.2 Å². The van der Waals surface area contributed by atoms with Gasteiger partial charge in [0.2, 0.25) is 0 Å². The number of ether oxygens (including phenoxy) is 1. The lowest BCUT2D eigenvalue weighted by Gasteiger charge is -2.10. The van der Waals surface area contributed by atoms with Gasteiger partial charge in [-0.3, -0.25) is 15.0 Å². The number of para-hydroxylation sites is 1. The lowest BCUT2D eigenvalue weighted by atomic mass is 10.2. The fraction of sp³-hybridized carbons (Fsp3) is 0.0556. The average Bonchev–Trinajstić information content (AvgIpc) is 2.92. The minimum Gasteiger partial charge on any atom is -0.483 e. The van der Waals surface area contributed by atoms with Crippen molar-refractivity contribution in [3.8, 4) is 5.75 Å². The molecule has 0 unspecified atom stereocenters. The van der Waals surface area contributed by atoms with Gasteiger partial charge >= 0.3 is 0 Å². The Kier molecular flexibility index (Phi) is 5.75. The Morgan fingerprint density at radius 2 is 2.04 bits per heavy atom. The van der Waals surface area contributed by atoms with Crippen LogP contribution in [-0.2, 0) is 9.59 Å². The second-order valence-corrected chi connectivity index (χ2v) is 7.25. The SMILES string of the molecule is N=C1NC(=O)/C(=C/c2cc(Br)ccc2OCC(=O)Nc2ccccc2)S1. The van der Waals surface area contributed by atoms with Crippen LogP contribution >= 0.6 is 27.7 Å². The number of amidine groups is 1. The molecule has 0 saturated carbocycles. The van der Waals surface area contributed by atoms with E-state index in [1.54, 1.807) is 36.4 Å². The van der Waals surface area contributed by atoms with Crippen molar-refractivity contribution in [3.63, 3.8) is 0 Å². The summed E-state index contributed by atoms with van der Waals surface area (Å²) in [4.78, 5) is 24.2. The molecule has 1 aliphatic heterocycles. The predicted molar refractivity (Wildman–Crippen MR) is 106 cm³/mol. The molecule has 1 aliphatic rings. The van der Waals surface area contributed by atoms with E-state index in [2.05, 4.69) is 26.6 Å². The fourth-order valence-electron chi connectivity index (χ4n) is 2.21. The maximum atomic E-state index is 12.0. The summed E-state index contributed by atoms with van der Waals surface area (Å²) < 4.78 is 6.44. The molecule has 132 valence electrons. The third-order valence-corrected chi connectivity index (χ3v) is 4.66. The van der Waals surface area contributed by atoms with Crippen LogP contribution in [0.25, 0.3) is 6.08 Å². The number of rotatable bonds is 5. The van der Waals surface area contributed by atoms with Crippen molar-refractivity contribution in [2.45, 2.75) is 0 Å². The van der Waals surface area contributed by atoms with Crippen LogP contribution in [0.15, 0.2) is 57.9 Å². The van der Waals surface area contributed by atoms with Crippen LogP contribution in [0.4, 0.5) is 5.69 Å². The lowest BCUT2D eigenvalue weighted by Crippen LogP contribution is -2.20. The van der Waals surface area contributed by atoms with Gasteiger partial charge in [0.25, 0.3) is 11.8 Å². The van der Waals surface area contributed by atoms with Gasteiger partial charge in [0, 0.05) is 15.7 Å². The Bertz CT molecular complexity index is 900. The highest BCUT2D eigenvalue weighted by molar-refractivity contribution is 9.10. The molecule has 0 aromatic heterocycles. The van der Waals surface area contributed by atoms with Crippen molar-refractivity contribution in [1.82, 2.24) is 5.32 Å². The molecular weight excluding hydrogens is 418 g/mol. The molecule has 3 rings (SSSR count). The van der Waals surface area contributed by atoms with Crippen LogP contribution in [0.5, 0.6) is 5.75 Å². The van der Waals surface area contributed by atoms with Gasteiger partial charge < -0.3 is 15.4 Å². The van der Waals surface area contributed by atoms with E-state index < -0.39 is 0 Å². The van der Waals surface area contributed by atoms with Gasteiger partial charge in [-0.15, -0.1) is 0 Å². The highest BCUT2D eigenvalue weighted by Gasteiger charge is 2.22. The highest BCUT2D eigenvalue weighted by Crippen LogP contribution is 2.30. The van der Waals surface area contributed by atoms with Crippen LogP contribution in [0.2, 0.25) is 0 Å². The van der Waals surface area contributed by atoms with Crippen molar-refractivity contribution < 1.29 is 14.3 Å². The molecule has 8 heteroatoms. The molecule has 0 aliphatic carbocycles. The number of thioether (sulfide) groups is 1. The summed E-state index contributed by atoms with van der Waals surface area (Å²) in [5, 5.41) is 12.8. The Labute approximate surface area is 162 Å². The summed E-state index contributed by atoms with van der Waals surface area (Å²) in [5.74, 6) is -0.143. The van der Waals surface area contributed by atoms with E-state index in [9.17, 15) is 9.59 Å². The first-order valence-corrected chi connectivity index (χ1v) is 9.19. The summed E-state index contributed by atoms with van der Waals surface area (Å²) in [6.07, 6.45) is 1.64. The zero-order chi connectivity index (χ0) is 18.5. The number of halogens is 1. The van der Waals surface area contributed by atoms with E-state index in [-0.39, 0.29) is 23.6 Å². The molecule has 0 radical (unpaired) electrons. The standard InChI is InChI=1S/C18H14BrN3O3S/c19-12-6-7-14(11(8-12)9-15-17(24)22-18(20)26-15)25-10-16(23)21-13-4-2-1-3-5-13/h1-9H,10H2,(H,21,23)(H2,20,22,24)/b15-9-. The molecule has 2 aromatic rings.